The molecule has 2 aromatic carbocycles. The molecule has 0 aromatic heterocycles. The molecule has 0 atom stereocenters. The molecule has 4 nitrogen and oxygen atoms in total. The Morgan fingerprint density at radius 1 is 0.955 bits per heavy atom. The lowest BCUT2D eigenvalue weighted by molar-refractivity contribution is 0.118. The van der Waals surface area contributed by atoms with Gasteiger partial charge in [-0.05, 0) is 41.8 Å². The highest BCUT2D eigenvalue weighted by atomic mass is 16.5. The van der Waals surface area contributed by atoms with Crippen LogP contribution in [0.15, 0.2) is 54.6 Å². The first-order valence-electron chi connectivity index (χ1n) is 7.19. The SMILES string of the molecule is CC(C)(C)COC(=O)Nc1ccc(Oc2ccccc2)cc1. The lowest BCUT2D eigenvalue weighted by Gasteiger charge is -2.18. The monoisotopic (exact) mass is 299 g/mol. The molecule has 0 unspecified atom stereocenters. The first-order valence-corrected chi connectivity index (χ1v) is 7.19. The minimum absolute atomic E-state index is 0.0509. The van der Waals surface area contributed by atoms with E-state index in [4.69, 9.17) is 9.47 Å². The minimum atomic E-state index is -0.452. The molecule has 0 aliphatic carbocycles. The highest BCUT2D eigenvalue weighted by Crippen LogP contribution is 2.22. The van der Waals surface area contributed by atoms with Crippen LogP contribution >= 0.6 is 0 Å². The fourth-order valence-corrected chi connectivity index (χ4v) is 1.67. The van der Waals surface area contributed by atoms with Crippen LogP contribution in [0.1, 0.15) is 20.8 Å². The first-order chi connectivity index (χ1) is 10.4. The number of hydrogen-bond donors (Lipinski definition) is 1. The second-order valence-corrected chi connectivity index (χ2v) is 6.20. The van der Waals surface area contributed by atoms with Crippen molar-refractivity contribution < 1.29 is 14.3 Å². The third-order valence-corrected chi connectivity index (χ3v) is 2.72. The second-order valence-electron chi connectivity index (χ2n) is 6.20. The summed E-state index contributed by atoms with van der Waals surface area (Å²) >= 11 is 0. The van der Waals surface area contributed by atoms with Gasteiger partial charge in [-0.15, -0.1) is 0 Å². The molecule has 0 saturated heterocycles. The molecule has 2 rings (SSSR count). The summed E-state index contributed by atoms with van der Waals surface area (Å²) in [4.78, 5) is 11.7. The van der Waals surface area contributed by atoms with Gasteiger partial charge in [-0.2, -0.15) is 0 Å². The van der Waals surface area contributed by atoms with Crippen LogP contribution in [-0.2, 0) is 4.74 Å². The van der Waals surface area contributed by atoms with Crippen molar-refractivity contribution in [2.75, 3.05) is 11.9 Å². The summed E-state index contributed by atoms with van der Waals surface area (Å²) in [7, 11) is 0. The van der Waals surface area contributed by atoms with Gasteiger partial charge in [-0.1, -0.05) is 39.0 Å². The maximum atomic E-state index is 11.7. The predicted octanol–water partition coefficient (Wildman–Crippen LogP) is 5.07. The largest absolute Gasteiger partial charge is 0.457 e. The van der Waals surface area contributed by atoms with Gasteiger partial charge in [0.2, 0.25) is 0 Å². The fraction of sp³-hybridized carbons (Fsp3) is 0.278. The number of benzene rings is 2. The van der Waals surface area contributed by atoms with Crippen molar-refractivity contribution in [3.8, 4) is 11.5 Å². The Bertz CT molecular complexity index is 600. The Balaban J connectivity index is 1.88. The molecular formula is C18H21NO3. The van der Waals surface area contributed by atoms with Crippen LogP contribution in [0.5, 0.6) is 11.5 Å². The third-order valence-electron chi connectivity index (χ3n) is 2.72. The predicted molar refractivity (Wildman–Crippen MR) is 87.4 cm³/mol. The van der Waals surface area contributed by atoms with E-state index in [9.17, 15) is 4.79 Å². The molecule has 116 valence electrons. The molecule has 4 heteroatoms. The van der Waals surface area contributed by atoms with E-state index in [1.54, 1.807) is 24.3 Å². The quantitative estimate of drug-likeness (QED) is 0.857. The van der Waals surface area contributed by atoms with Crippen LogP contribution < -0.4 is 10.1 Å². The lowest BCUT2D eigenvalue weighted by atomic mass is 9.99. The van der Waals surface area contributed by atoms with Crippen LogP contribution in [0.2, 0.25) is 0 Å². The van der Waals surface area contributed by atoms with E-state index in [2.05, 4.69) is 5.32 Å². The van der Waals surface area contributed by atoms with Gasteiger partial charge in [0.25, 0.3) is 0 Å². The summed E-state index contributed by atoms with van der Waals surface area (Å²) in [5.41, 5.74) is 0.615. The number of anilines is 1. The highest BCUT2D eigenvalue weighted by molar-refractivity contribution is 5.84. The van der Waals surface area contributed by atoms with Crippen LogP contribution in [0, 0.1) is 5.41 Å². The number of rotatable bonds is 4. The van der Waals surface area contributed by atoms with Gasteiger partial charge in [0, 0.05) is 5.69 Å². The highest BCUT2D eigenvalue weighted by Gasteiger charge is 2.13. The zero-order valence-corrected chi connectivity index (χ0v) is 13.1. The van der Waals surface area contributed by atoms with Crippen LogP contribution in [-0.4, -0.2) is 12.7 Å². The molecule has 0 saturated carbocycles. The summed E-state index contributed by atoms with van der Waals surface area (Å²) in [5.74, 6) is 1.48. The maximum Gasteiger partial charge on any atom is 0.411 e. The van der Waals surface area contributed by atoms with Gasteiger partial charge in [-0.3, -0.25) is 5.32 Å². The number of para-hydroxylation sites is 1. The van der Waals surface area contributed by atoms with Crippen molar-refractivity contribution >= 4 is 11.8 Å². The number of ether oxygens (including phenoxy) is 2. The Kier molecular flexibility index (Phi) is 5.04. The maximum absolute atomic E-state index is 11.7. The molecule has 0 bridgehead atoms. The van der Waals surface area contributed by atoms with Gasteiger partial charge in [0.15, 0.2) is 0 Å². The molecule has 2 aromatic rings. The van der Waals surface area contributed by atoms with Crippen molar-refractivity contribution in [2.24, 2.45) is 5.41 Å². The van der Waals surface area contributed by atoms with Gasteiger partial charge in [0.1, 0.15) is 11.5 Å². The van der Waals surface area contributed by atoms with Crippen LogP contribution in [0.4, 0.5) is 10.5 Å². The average molecular weight is 299 g/mol. The Labute approximate surface area is 131 Å². The molecule has 0 aliphatic rings. The van der Waals surface area contributed by atoms with E-state index >= 15 is 0 Å². The molecule has 0 fully saturated rings. The van der Waals surface area contributed by atoms with E-state index in [1.165, 1.54) is 0 Å². The van der Waals surface area contributed by atoms with E-state index in [-0.39, 0.29) is 5.41 Å². The number of carbonyl (C=O) groups is 1. The van der Waals surface area contributed by atoms with E-state index < -0.39 is 6.09 Å². The zero-order valence-electron chi connectivity index (χ0n) is 13.1. The molecule has 0 aliphatic heterocycles. The van der Waals surface area contributed by atoms with Gasteiger partial charge in [-0.25, -0.2) is 4.79 Å². The van der Waals surface area contributed by atoms with Crippen molar-refractivity contribution in [1.82, 2.24) is 0 Å². The third kappa shape index (κ3) is 5.48. The summed E-state index contributed by atoms with van der Waals surface area (Å²) in [6.07, 6.45) is -0.452. The van der Waals surface area contributed by atoms with E-state index in [0.29, 0.717) is 18.0 Å². The number of amides is 1. The number of carbonyl (C=O) groups excluding carboxylic acids is 1. The van der Waals surface area contributed by atoms with Crippen molar-refractivity contribution in [1.29, 1.82) is 0 Å². The second kappa shape index (κ2) is 6.98. The number of hydrogen-bond acceptors (Lipinski definition) is 3. The topological polar surface area (TPSA) is 47.6 Å². The standard InChI is InChI=1S/C18H21NO3/c1-18(2,3)13-21-17(20)19-14-9-11-16(12-10-14)22-15-7-5-4-6-8-15/h4-12H,13H2,1-3H3,(H,19,20). The van der Waals surface area contributed by atoms with Gasteiger partial charge >= 0.3 is 6.09 Å². The zero-order chi connectivity index (χ0) is 16.0. The molecule has 1 N–H and O–H groups in total. The Hall–Kier alpha value is -2.49. The van der Waals surface area contributed by atoms with Crippen molar-refractivity contribution in [3.05, 3.63) is 54.6 Å². The number of nitrogens with one attached hydrogen (secondary N) is 1. The summed E-state index contributed by atoms with van der Waals surface area (Å²) in [6, 6.07) is 16.7. The normalized spacial score (nSPS) is 10.9. The molecular weight excluding hydrogens is 278 g/mol. The fourth-order valence-electron chi connectivity index (χ4n) is 1.67. The van der Waals surface area contributed by atoms with Crippen LogP contribution in [0.3, 0.4) is 0 Å². The summed E-state index contributed by atoms with van der Waals surface area (Å²) in [5, 5.41) is 2.69. The Morgan fingerprint density at radius 3 is 2.14 bits per heavy atom. The first kappa shape index (κ1) is 15.9. The van der Waals surface area contributed by atoms with E-state index in [0.717, 1.165) is 5.75 Å². The minimum Gasteiger partial charge on any atom is -0.457 e. The molecule has 1 amide bonds. The average Bonchev–Trinajstić information content (AvgIpc) is 2.48. The molecule has 0 heterocycles. The van der Waals surface area contributed by atoms with Crippen LogP contribution in [0.25, 0.3) is 0 Å². The summed E-state index contributed by atoms with van der Waals surface area (Å²) in [6.45, 7) is 6.40. The molecule has 0 spiro atoms. The van der Waals surface area contributed by atoms with Gasteiger partial charge < -0.3 is 9.47 Å². The Morgan fingerprint density at radius 2 is 1.55 bits per heavy atom. The lowest BCUT2D eigenvalue weighted by Crippen LogP contribution is -2.21. The van der Waals surface area contributed by atoms with Gasteiger partial charge in [0.05, 0.1) is 6.61 Å². The molecule has 0 radical (unpaired) electrons. The van der Waals surface area contributed by atoms with Crippen molar-refractivity contribution in [2.45, 2.75) is 20.8 Å². The van der Waals surface area contributed by atoms with Crippen molar-refractivity contribution in [3.63, 3.8) is 0 Å². The smallest absolute Gasteiger partial charge is 0.411 e. The summed E-state index contributed by atoms with van der Waals surface area (Å²) < 4.78 is 10.8. The molecule has 22 heavy (non-hydrogen) atoms. The van der Waals surface area contributed by atoms with E-state index in [1.807, 2.05) is 51.1 Å².